The number of benzene rings is 1. The Morgan fingerprint density at radius 3 is 2.74 bits per heavy atom. The molecule has 0 aliphatic heterocycles. The Balaban J connectivity index is 3.07. The molecule has 0 aliphatic rings. The van der Waals surface area contributed by atoms with Gasteiger partial charge in [0.15, 0.2) is 0 Å². The molecule has 8 heteroatoms. The molecule has 0 saturated carbocycles. The number of carbonyl (C=O) groups is 1. The van der Waals surface area contributed by atoms with Crippen LogP contribution in [0.2, 0.25) is 5.02 Å². The van der Waals surface area contributed by atoms with Crippen LogP contribution in [0, 0.1) is 15.9 Å². The van der Waals surface area contributed by atoms with Gasteiger partial charge in [0.05, 0.1) is 16.4 Å². The van der Waals surface area contributed by atoms with Gasteiger partial charge in [-0.1, -0.05) is 18.5 Å². The van der Waals surface area contributed by atoms with Gasteiger partial charge >= 0.3 is 5.97 Å². The van der Waals surface area contributed by atoms with Crippen molar-refractivity contribution in [3.63, 3.8) is 0 Å². The standard InChI is InChI=1S/C11H12ClFN2O4/c1-2-6(3-11(16)17)14-9-5-8(13)7(12)4-10(9)15(18)19/h4-6,14H,2-3H2,1H3,(H,16,17). The normalized spacial score (nSPS) is 11.9. The molecule has 0 heterocycles. The maximum absolute atomic E-state index is 13.3. The number of carboxylic acid groups (broad SMARTS) is 1. The smallest absolute Gasteiger partial charge is 0.305 e. The van der Waals surface area contributed by atoms with Gasteiger partial charge in [-0.05, 0) is 6.42 Å². The zero-order chi connectivity index (χ0) is 14.6. The van der Waals surface area contributed by atoms with E-state index in [-0.39, 0.29) is 17.1 Å². The number of hydrogen-bond acceptors (Lipinski definition) is 4. The summed E-state index contributed by atoms with van der Waals surface area (Å²) in [6.45, 7) is 1.72. The fraction of sp³-hybridized carbons (Fsp3) is 0.364. The number of rotatable bonds is 6. The summed E-state index contributed by atoms with van der Waals surface area (Å²) >= 11 is 5.48. The van der Waals surface area contributed by atoms with Crippen LogP contribution in [-0.2, 0) is 4.79 Å². The fourth-order valence-electron chi connectivity index (χ4n) is 1.53. The lowest BCUT2D eigenvalue weighted by Gasteiger charge is -2.16. The van der Waals surface area contributed by atoms with Crippen LogP contribution in [0.4, 0.5) is 15.8 Å². The van der Waals surface area contributed by atoms with Crippen LogP contribution < -0.4 is 5.32 Å². The van der Waals surface area contributed by atoms with Gasteiger partial charge in [-0.3, -0.25) is 14.9 Å². The van der Waals surface area contributed by atoms with Gasteiger partial charge in [-0.25, -0.2) is 4.39 Å². The molecule has 0 saturated heterocycles. The molecule has 0 aliphatic carbocycles. The number of nitrogens with zero attached hydrogens (tertiary/aromatic N) is 1. The van der Waals surface area contributed by atoms with Crippen molar-refractivity contribution >= 4 is 28.9 Å². The highest BCUT2D eigenvalue weighted by molar-refractivity contribution is 6.31. The molecular weight excluding hydrogens is 279 g/mol. The first-order valence-corrected chi connectivity index (χ1v) is 5.84. The Hall–Kier alpha value is -1.89. The van der Waals surface area contributed by atoms with Gasteiger partial charge in [0, 0.05) is 18.2 Å². The summed E-state index contributed by atoms with van der Waals surface area (Å²) in [5.74, 6) is -1.85. The van der Waals surface area contributed by atoms with Crippen molar-refractivity contribution in [1.82, 2.24) is 0 Å². The molecule has 0 amide bonds. The van der Waals surface area contributed by atoms with Gasteiger partial charge in [0.1, 0.15) is 11.5 Å². The number of aliphatic carboxylic acids is 1. The molecule has 0 radical (unpaired) electrons. The predicted octanol–water partition coefficient (Wildman–Crippen LogP) is 3.05. The lowest BCUT2D eigenvalue weighted by Crippen LogP contribution is -2.22. The van der Waals surface area contributed by atoms with Crippen molar-refractivity contribution < 1.29 is 19.2 Å². The summed E-state index contributed by atoms with van der Waals surface area (Å²) in [5.41, 5.74) is -0.477. The van der Waals surface area contributed by atoms with Crippen molar-refractivity contribution in [2.75, 3.05) is 5.32 Å². The van der Waals surface area contributed by atoms with Gasteiger partial charge < -0.3 is 10.4 Å². The number of nitro benzene ring substituents is 1. The predicted molar refractivity (Wildman–Crippen MR) is 68.0 cm³/mol. The van der Waals surface area contributed by atoms with Crippen LogP contribution in [0.1, 0.15) is 19.8 Å². The van der Waals surface area contributed by atoms with E-state index in [1.54, 1.807) is 6.92 Å². The first-order valence-electron chi connectivity index (χ1n) is 5.46. The maximum Gasteiger partial charge on any atom is 0.305 e. The second-order valence-electron chi connectivity index (χ2n) is 3.89. The van der Waals surface area contributed by atoms with Crippen LogP contribution >= 0.6 is 11.6 Å². The van der Waals surface area contributed by atoms with Gasteiger partial charge in [0.2, 0.25) is 0 Å². The van der Waals surface area contributed by atoms with Crippen molar-refractivity contribution in [2.45, 2.75) is 25.8 Å². The lowest BCUT2D eigenvalue weighted by atomic mass is 10.1. The molecule has 6 nitrogen and oxygen atoms in total. The van der Waals surface area contributed by atoms with Gasteiger partial charge in [-0.15, -0.1) is 0 Å². The number of nitro groups is 1. The van der Waals surface area contributed by atoms with E-state index >= 15 is 0 Å². The SMILES string of the molecule is CCC(CC(=O)O)Nc1cc(F)c(Cl)cc1[N+](=O)[O-]. The first-order chi connectivity index (χ1) is 8.85. The molecule has 1 rings (SSSR count). The molecule has 0 aromatic heterocycles. The van der Waals surface area contributed by atoms with E-state index in [4.69, 9.17) is 16.7 Å². The van der Waals surface area contributed by atoms with Crippen molar-refractivity contribution in [3.8, 4) is 0 Å². The van der Waals surface area contributed by atoms with E-state index in [0.29, 0.717) is 6.42 Å². The van der Waals surface area contributed by atoms with E-state index in [9.17, 15) is 19.3 Å². The first kappa shape index (κ1) is 15.2. The topological polar surface area (TPSA) is 92.5 Å². The summed E-state index contributed by atoms with van der Waals surface area (Å²) in [5, 5.41) is 21.8. The minimum absolute atomic E-state index is 0.0833. The molecule has 0 fully saturated rings. The Bertz CT molecular complexity index is 510. The van der Waals surface area contributed by atoms with Crippen molar-refractivity contribution in [2.24, 2.45) is 0 Å². The highest BCUT2D eigenvalue weighted by Gasteiger charge is 2.20. The highest BCUT2D eigenvalue weighted by atomic mass is 35.5. The second-order valence-corrected chi connectivity index (χ2v) is 4.30. The minimum atomic E-state index is -1.04. The quantitative estimate of drug-likeness (QED) is 0.620. The van der Waals surface area contributed by atoms with Gasteiger partial charge in [-0.2, -0.15) is 0 Å². The van der Waals surface area contributed by atoms with Crippen LogP contribution in [0.3, 0.4) is 0 Å². The molecular formula is C11H12ClFN2O4. The third-order valence-corrected chi connectivity index (χ3v) is 2.80. The number of nitrogens with one attached hydrogen (secondary N) is 1. The number of halogens is 2. The largest absolute Gasteiger partial charge is 0.481 e. The average Bonchev–Trinajstić information content (AvgIpc) is 2.31. The van der Waals surface area contributed by atoms with Gasteiger partial charge in [0.25, 0.3) is 5.69 Å². The molecule has 0 spiro atoms. The third-order valence-electron chi connectivity index (χ3n) is 2.51. The van der Waals surface area contributed by atoms with Crippen molar-refractivity contribution in [3.05, 3.63) is 33.1 Å². The summed E-state index contributed by atoms with van der Waals surface area (Å²) in [6.07, 6.45) is 0.200. The lowest BCUT2D eigenvalue weighted by molar-refractivity contribution is -0.384. The Labute approximate surface area is 113 Å². The summed E-state index contributed by atoms with van der Waals surface area (Å²) < 4.78 is 13.3. The van der Waals surface area contributed by atoms with Crippen molar-refractivity contribution in [1.29, 1.82) is 0 Å². The summed E-state index contributed by atoms with van der Waals surface area (Å²) in [4.78, 5) is 20.8. The van der Waals surface area contributed by atoms with E-state index in [1.807, 2.05) is 0 Å². The van der Waals surface area contributed by atoms with E-state index in [1.165, 1.54) is 0 Å². The third kappa shape index (κ3) is 4.06. The summed E-state index contributed by atoms with van der Waals surface area (Å²) in [6, 6.07) is 1.26. The second kappa shape index (κ2) is 6.33. The zero-order valence-electron chi connectivity index (χ0n) is 10.0. The summed E-state index contributed by atoms with van der Waals surface area (Å²) in [7, 11) is 0. The van der Waals surface area contributed by atoms with E-state index < -0.39 is 28.4 Å². The zero-order valence-corrected chi connectivity index (χ0v) is 10.8. The molecule has 0 bridgehead atoms. The van der Waals surface area contributed by atoms with Crippen LogP contribution in [0.15, 0.2) is 12.1 Å². The molecule has 104 valence electrons. The highest BCUT2D eigenvalue weighted by Crippen LogP contribution is 2.31. The number of hydrogen-bond donors (Lipinski definition) is 2. The average molecular weight is 291 g/mol. The number of carboxylic acids is 1. The van der Waals surface area contributed by atoms with Crippen LogP contribution in [-0.4, -0.2) is 22.0 Å². The molecule has 1 aromatic rings. The molecule has 1 unspecified atom stereocenters. The van der Waals surface area contributed by atoms with E-state index in [2.05, 4.69) is 5.32 Å². The Kier molecular flexibility index (Phi) is 5.05. The van der Waals surface area contributed by atoms with E-state index in [0.717, 1.165) is 12.1 Å². The molecule has 1 aromatic carbocycles. The van der Waals surface area contributed by atoms with Crippen LogP contribution in [0.25, 0.3) is 0 Å². The maximum atomic E-state index is 13.3. The Morgan fingerprint density at radius 2 is 2.26 bits per heavy atom. The fourth-order valence-corrected chi connectivity index (χ4v) is 1.69. The molecule has 19 heavy (non-hydrogen) atoms. The minimum Gasteiger partial charge on any atom is -0.481 e. The number of anilines is 1. The Morgan fingerprint density at radius 1 is 1.63 bits per heavy atom. The van der Waals surface area contributed by atoms with Crippen LogP contribution in [0.5, 0.6) is 0 Å². The molecule has 2 N–H and O–H groups in total. The monoisotopic (exact) mass is 290 g/mol. The molecule has 1 atom stereocenters.